The Balaban J connectivity index is 1.35. The van der Waals surface area contributed by atoms with Crippen molar-refractivity contribution in [2.45, 2.75) is 13.5 Å². The van der Waals surface area contributed by atoms with Crippen LogP contribution in [0.1, 0.15) is 21.5 Å². The Bertz CT molecular complexity index is 1220. The Morgan fingerprint density at radius 2 is 1.77 bits per heavy atom. The number of aromatic nitrogens is 1. The molecule has 1 N–H and O–H groups in total. The van der Waals surface area contributed by atoms with Crippen LogP contribution in [0.4, 0.5) is 5.13 Å². The second kappa shape index (κ2) is 9.40. The molecule has 0 bridgehead atoms. The third kappa shape index (κ3) is 5.26. The highest BCUT2D eigenvalue weighted by Crippen LogP contribution is 2.26. The van der Waals surface area contributed by atoms with Gasteiger partial charge in [0.15, 0.2) is 11.7 Å². The molecule has 4 rings (SSSR count). The van der Waals surface area contributed by atoms with Crippen molar-refractivity contribution >= 4 is 38.6 Å². The summed E-state index contributed by atoms with van der Waals surface area (Å²) in [6.45, 7) is 1.90. The molecular weight excluding hydrogens is 412 g/mol. The molecule has 0 aliphatic heterocycles. The van der Waals surface area contributed by atoms with Crippen molar-refractivity contribution in [1.29, 1.82) is 0 Å². The van der Waals surface area contributed by atoms with E-state index in [0.717, 1.165) is 21.3 Å². The molecule has 6 nitrogen and oxygen atoms in total. The fourth-order valence-corrected chi connectivity index (χ4v) is 3.93. The van der Waals surface area contributed by atoms with Crippen LogP contribution in [-0.4, -0.2) is 23.5 Å². The Labute approximate surface area is 183 Å². The molecule has 0 saturated heterocycles. The van der Waals surface area contributed by atoms with Crippen LogP contribution in [-0.2, 0) is 16.1 Å². The quantitative estimate of drug-likeness (QED) is 0.417. The van der Waals surface area contributed by atoms with Crippen molar-refractivity contribution < 1.29 is 19.1 Å². The number of esters is 1. The van der Waals surface area contributed by atoms with Gasteiger partial charge in [-0.25, -0.2) is 9.78 Å². The van der Waals surface area contributed by atoms with E-state index in [1.807, 2.05) is 55.5 Å². The van der Waals surface area contributed by atoms with Crippen LogP contribution < -0.4 is 10.1 Å². The van der Waals surface area contributed by atoms with E-state index < -0.39 is 18.5 Å². The third-order valence-corrected chi connectivity index (χ3v) is 5.40. The summed E-state index contributed by atoms with van der Waals surface area (Å²) >= 11 is 1.37. The number of benzene rings is 3. The van der Waals surface area contributed by atoms with Gasteiger partial charge in [-0.3, -0.25) is 10.1 Å². The van der Waals surface area contributed by atoms with Gasteiger partial charge in [0.05, 0.1) is 10.2 Å². The summed E-state index contributed by atoms with van der Waals surface area (Å²) in [6, 6.07) is 22.3. The molecule has 0 aliphatic rings. The molecule has 3 aromatic carbocycles. The molecule has 4 aromatic rings. The molecule has 0 fully saturated rings. The van der Waals surface area contributed by atoms with Gasteiger partial charge in [-0.05, 0) is 42.3 Å². The highest BCUT2D eigenvalue weighted by atomic mass is 32.1. The lowest BCUT2D eigenvalue weighted by molar-refractivity contribution is -0.119. The predicted octanol–water partition coefficient (Wildman–Crippen LogP) is 4.98. The van der Waals surface area contributed by atoms with E-state index in [4.69, 9.17) is 9.47 Å². The summed E-state index contributed by atoms with van der Waals surface area (Å²) < 4.78 is 12.0. The van der Waals surface area contributed by atoms with E-state index >= 15 is 0 Å². The summed E-state index contributed by atoms with van der Waals surface area (Å²) in [7, 11) is 0. The summed E-state index contributed by atoms with van der Waals surface area (Å²) in [5.41, 5.74) is 3.18. The smallest absolute Gasteiger partial charge is 0.342 e. The van der Waals surface area contributed by atoms with Crippen LogP contribution in [0.25, 0.3) is 10.2 Å². The summed E-state index contributed by atoms with van der Waals surface area (Å²) in [5, 5.41) is 3.14. The monoisotopic (exact) mass is 432 g/mol. The zero-order valence-corrected chi connectivity index (χ0v) is 17.6. The van der Waals surface area contributed by atoms with Gasteiger partial charge in [0, 0.05) is 0 Å². The van der Waals surface area contributed by atoms with E-state index in [1.54, 1.807) is 24.3 Å². The average molecular weight is 433 g/mol. The molecule has 156 valence electrons. The highest BCUT2D eigenvalue weighted by Gasteiger charge is 2.16. The lowest BCUT2D eigenvalue weighted by atomic mass is 10.2. The van der Waals surface area contributed by atoms with E-state index in [1.165, 1.54) is 11.3 Å². The molecule has 0 spiro atoms. The molecular formula is C24H20N2O4S. The summed E-state index contributed by atoms with van der Waals surface area (Å²) in [5.74, 6) is -0.677. The van der Waals surface area contributed by atoms with Gasteiger partial charge in [0.2, 0.25) is 0 Å². The molecule has 31 heavy (non-hydrogen) atoms. The van der Waals surface area contributed by atoms with Gasteiger partial charge < -0.3 is 9.47 Å². The summed E-state index contributed by atoms with van der Waals surface area (Å²) in [4.78, 5) is 29.1. The van der Waals surface area contributed by atoms with E-state index in [-0.39, 0.29) is 5.56 Å². The van der Waals surface area contributed by atoms with E-state index in [0.29, 0.717) is 17.5 Å². The maximum Gasteiger partial charge on any atom is 0.342 e. The van der Waals surface area contributed by atoms with Crippen LogP contribution in [0.3, 0.4) is 0 Å². The van der Waals surface area contributed by atoms with Crippen LogP contribution in [0.15, 0.2) is 72.8 Å². The molecule has 1 amide bonds. The van der Waals surface area contributed by atoms with Crippen molar-refractivity contribution in [2.24, 2.45) is 0 Å². The summed E-state index contributed by atoms with van der Waals surface area (Å²) in [6.07, 6.45) is 0. The minimum absolute atomic E-state index is 0.265. The number of hydrogen-bond donors (Lipinski definition) is 1. The molecule has 0 saturated carbocycles. The number of carbonyl (C=O) groups is 2. The number of aryl methyl sites for hydroxylation is 1. The normalized spacial score (nSPS) is 10.6. The van der Waals surface area contributed by atoms with Gasteiger partial charge in [0.25, 0.3) is 5.91 Å². The van der Waals surface area contributed by atoms with Crippen LogP contribution in [0, 0.1) is 6.92 Å². The van der Waals surface area contributed by atoms with Crippen LogP contribution in [0.2, 0.25) is 0 Å². The molecule has 0 unspecified atom stereocenters. The molecule has 0 atom stereocenters. The number of rotatable bonds is 7. The number of thiazole rings is 1. The molecule has 1 aromatic heterocycles. The highest BCUT2D eigenvalue weighted by molar-refractivity contribution is 7.22. The second-order valence-electron chi connectivity index (χ2n) is 6.88. The Morgan fingerprint density at radius 1 is 1.00 bits per heavy atom. The van der Waals surface area contributed by atoms with Crippen LogP contribution >= 0.6 is 11.3 Å². The molecule has 0 radical (unpaired) electrons. The largest absolute Gasteiger partial charge is 0.488 e. The zero-order valence-electron chi connectivity index (χ0n) is 16.8. The van der Waals surface area contributed by atoms with Gasteiger partial charge in [-0.15, -0.1) is 0 Å². The van der Waals surface area contributed by atoms with Gasteiger partial charge in [-0.1, -0.05) is 59.9 Å². The number of nitrogens with zero attached hydrogens (tertiary/aromatic N) is 1. The fourth-order valence-electron chi connectivity index (χ4n) is 2.95. The number of anilines is 1. The second-order valence-corrected chi connectivity index (χ2v) is 7.92. The number of ether oxygens (including phenoxy) is 2. The number of hydrogen-bond acceptors (Lipinski definition) is 6. The number of fused-ring (bicyclic) bond motifs is 1. The van der Waals surface area contributed by atoms with Gasteiger partial charge in [0.1, 0.15) is 17.9 Å². The van der Waals surface area contributed by atoms with Gasteiger partial charge >= 0.3 is 5.97 Å². The fraction of sp³-hybridized carbons (Fsp3) is 0.125. The molecule has 0 aliphatic carbocycles. The van der Waals surface area contributed by atoms with Crippen molar-refractivity contribution in [2.75, 3.05) is 11.9 Å². The van der Waals surface area contributed by atoms with Crippen molar-refractivity contribution in [3.8, 4) is 5.75 Å². The number of para-hydroxylation sites is 1. The first-order valence-corrected chi connectivity index (χ1v) is 10.5. The average Bonchev–Trinajstić information content (AvgIpc) is 3.18. The first-order valence-electron chi connectivity index (χ1n) is 9.68. The number of amides is 1. The molecule has 1 heterocycles. The lowest BCUT2D eigenvalue weighted by Gasteiger charge is -2.11. The Hall–Kier alpha value is -3.71. The van der Waals surface area contributed by atoms with E-state index in [9.17, 15) is 9.59 Å². The Kier molecular flexibility index (Phi) is 6.24. The SMILES string of the molecule is Cc1ccc2nc(NC(=O)COC(=O)c3ccccc3OCc3ccccc3)sc2c1. The van der Waals surface area contributed by atoms with E-state index in [2.05, 4.69) is 10.3 Å². The maximum absolute atomic E-state index is 12.5. The van der Waals surface area contributed by atoms with Gasteiger partial charge in [-0.2, -0.15) is 0 Å². The first-order chi connectivity index (χ1) is 15.1. The zero-order chi connectivity index (χ0) is 21.6. The standard InChI is InChI=1S/C24H20N2O4S/c1-16-11-12-19-21(13-16)31-24(25-19)26-22(27)15-30-23(28)18-9-5-6-10-20(18)29-14-17-7-3-2-4-8-17/h2-13H,14-15H2,1H3,(H,25,26,27). The first kappa shape index (κ1) is 20.6. The molecule has 7 heteroatoms. The topological polar surface area (TPSA) is 77.5 Å². The third-order valence-electron chi connectivity index (χ3n) is 4.47. The number of nitrogens with one attached hydrogen (secondary N) is 1. The maximum atomic E-state index is 12.5. The predicted molar refractivity (Wildman–Crippen MR) is 120 cm³/mol. The minimum Gasteiger partial charge on any atom is -0.488 e. The number of carbonyl (C=O) groups excluding carboxylic acids is 2. The van der Waals surface area contributed by atoms with Crippen molar-refractivity contribution in [3.05, 3.63) is 89.5 Å². The van der Waals surface area contributed by atoms with Crippen molar-refractivity contribution in [1.82, 2.24) is 4.98 Å². The van der Waals surface area contributed by atoms with Crippen LogP contribution in [0.5, 0.6) is 5.75 Å². The Morgan fingerprint density at radius 3 is 2.61 bits per heavy atom. The lowest BCUT2D eigenvalue weighted by Crippen LogP contribution is -2.21. The minimum atomic E-state index is -0.626. The van der Waals surface area contributed by atoms with Crippen molar-refractivity contribution in [3.63, 3.8) is 0 Å².